The molecule has 1 heterocycles. The molecular formula is C17H23F2N5O. The second kappa shape index (κ2) is 9.61. The van der Waals surface area contributed by atoms with Gasteiger partial charge >= 0.3 is 6.61 Å². The molecule has 0 saturated carbocycles. The van der Waals surface area contributed by atoms with Crippen LogP contribution >= 0.6 is 0 Å². The average Bonchev–Trinajstić information content (AvgIpc) is 3.09. The van der Waals surface area contributed by atoms with E-state index in [-0.39, 0.29) is 5.75 Å². The van der Waals surface area contributed by atoms with E-state index in [1.807, 2.05) is 29.9 Å². The van der Waals surface area contributed by atoms with Gasteiger partial charge in [0.15, 0.2) is 5.96 Å². The molecule has 0 saturated heterocycles. The van der Waals surface area contributed by atoms with Crippen molar-refractivity contribution in [2.75, 3.05) is 13.6 Å². The molecule has 2 aromatic rings. The fourth-order valence-corrected chi connectivity index (χ4v) is 2.34. The summed E-state index contributed by atoms with van der Waals surface area (Å²) < 4.78 is 31.4. The molecule has 0 aliphatic rings. The summed E-state index contributed by atoms with van der Waals surface area (Å²) in [6.45, 7) is 0.913. The van der Waals surface area contributed by atoms with Gasteiger partial charge in [-0.3, -0.25) is 9.67 Å². The van der Waals surface area contributed by atoms with Crippen LogP contribution in [-0.4, -0.2) is 35.9 Å². The minimum Gasteiger partial charge on any atom is -0.434 e. The van der Waals surface area contributed by atoms with Crippen molar-refractivity contribution in [3.05, 3.63) is 47.8 Å². The summed E-state index contributed by atoms with van der Waals surface area (Å²) in [5, 5.41) is 10.4. The van der Waals surface area contributed by atoms with Crippen LogP contribution in [0.1, 0.15) is 17.5 Å². The summed E-state index contributed by atoms with van der Waals surface area (Å²) in [5.74, 6) is 0.771. The van der Waals surface area contributed by atoms with Gasteiger partial charge in [-0.15, -0.1) is 0 Å². The van der Waals surface area contributed by atoms with Gasteiger partial charge in [-0.1, -0.05) is 17.7 Å². The number of halogens is 2. The molecule has 0 aliphatic carbocycles. The molecule has 0 spiro atoms. The fraction of sp³-hybridized carbons (Fsp3) is 0.412. The van der Waals surface area contributed by atoms with Crippen LogP contribution in [0.3, 0.4) is 0 Å². The summed E-state index contributed by atoms with van der Waals surface area (Å²) >= 11 is 0. The van der Waals surface area contributed by atoms with E-state index in [1.54, 1.807) is 25.4 Å². The minimum atomic E-state index is -2.85. The molecule has 6 nitrogen and oxygen atoms in total. The zero-order valence-corrected chi connectivity index (χ0v) is 14.4. The smallest absolute Gasteiger partial charge is 0.387 e. The standard InChI is InChI=1S/C17H23F2N5O/c1-13-5-6-15(25-16(18)19)14(11-13)12-22-17(20-2)21-7-3-9-24-10-4-8-23-24/h4-6,8,10-11,16H,3,7,9,12H2,1-2H3,(H2,20,21,22). The predicted molar refractivity (Wildman–Crippen MR) is 92.9 cm³/mol. The Morgan fingerprint density at radius 2 is 2.20 bits per heavy atom. The lowest BCUT2D eigenvalue weighted by Crippen LogP contribution is -2.37. The first-order valence-electron chi connectivity index (χ1n) is 8.05. The minimum absolute atomic E-state index is 0.169. The number of benzene rings is 1. The molecule has 0 amide bonds. The average molecular weight is 351 g/mol. The van der Waals surface area contributed by atoms with Gasteiger partial charge in [0, 0.05) is 44.6 Å². The van der Waals surface area contributed by atoms with Crippen molar-refractivity contribution in [3.63, 3.8) is 0 Å². The third-order valence-corrected chi connectivity index (χ3v) is 3.52. The molecule has 0 unspecified atom stereocenters. The fourth-order valence-electron chi connectivity index (χ4n) is 2.34. The number of hydrogen-bond acceptors (Lipinski definition) is 3. The molecular weight excluding hydrogens is 328 g/mol. The van der Waals surface area contributed by atoms with Crippen LogP contribution in [0.5, 0.6) is 5.75 Å². The SMILES string of the molecule is CN=C(NCCCn1cccn1)NCc1cc(C)ccc1OC(F)F. The number of guanidine groups is 1. The van der Waals surface area contributed by atoms with E-state index in [1.165, 1.54) is 0 Å². The monoisotopic (exact) mass is 351 g/mol. The lowest BCUT2D eigenvalue weighted by atomic mass is 10.1. The van der Waals surface area contributed by atoms with Crippen LogP contribution in [0.2, 0.25) is 0 Å². The number of alkyl halides is 2. The third kappa shape index (κ3) is 6.40. The van der Waals surface area contributed by atoms with Crippen LogP contribution in [0.4, 0.5) is 8.78 Å². The van der Waals surface area contributed by atoms with Gasteiger partial charge in [0.1, 0.15) is 5.75 Å². The molecule has 8 heteroatoms. The van der Waals surface area contributed by atoms with E-state index in [2.05, 4.69) is 25.5 Å². The summed E-state index contributed by atoms with van der Waals surface area (Å²) in [4.78, 5) is 4.13. The Hall–Kier alpha value is -2.64. The largest absolute Gasteiger partial charge is 0.434 e. The second-order valence-corrected chi connectivity index (χ2v) is 5.46. The van der Waals surface area contributed by atoms with Crippen LogP contribution in [0.15, 0.2) is 41.7 Å². The molecule has 0 fully saturated rings. The molecule has 136 valence electrons. The van der Waals surface area contributed by atoms with E-state index < -0.39 is 6.61 Å². The second-order valence-electron chi connectivity index (χ2n) is 5.46. The highest BCUT2D eigenvalue weighted by Crippen LogP contribution is 2.21. The maximum absolute atomic E-state index is 12.5. The van der Waals surface area contributed by atoms with Gasteiger partial charge < -0.3 is 15.4 Å². The molecule has 2 rings (SSSR count). The quantitative estimate of drug-likeness (QED) is 0.436. The van der Waals surface area contributed by atoms with E-state index in [4.69, 9.17) is 0 Å². The summed E-state index contributed by atoms with van der Waals surface area (Å²) in [5.41, 5.74) is 1.63. The van der Waals surface area contributed by atoms with Crippen molar-refractivity contribution in [3.8, 4) is 5.75 Å². The summed E-state index contributed by atoms with van der Waals surface area (Å²) in [6, 6.07) is 6.99. The third-order valence-electron chi connectivity index (χ3n) is 3.52. The molecule has 0 atom stereocenters. The predicted octanol–water partition coefficient (Wildman–Crippen LogP) is 2.55. The zero-order valence-electron chi connectivity index (χ0n) is 14.4. The van der Waals surface area contributed by atoms with Crippen LogP contribution < -0.4 is 15.4 Å². The van der Waals surface area contributed by atoms with E-state index in [9.17, 15) is 8.78 Å². The van der Waals surface area contributed by atoms with Crippen LogP contribution in [0.25, 0.3) is 0 Å². The Morgan fingerprint density at radius 3 is 2.88 bits per heavy atom. The van der Waals surface area contributed by atoms with Gasteiger partial charge in [-0.05, 0) is 25.5 Å². The van der Waals surface area contributed by atoms with Crippen molar-refractivity contribution in [2.24, 2.45) is 4.99 Å². The first kappa shape index (κ1) is 18.7. The topological polar surface area (TPSA) is 63.5 Å². The number of hydrogen-bond donors (Lipinski definition) is 2. The Labute approximate surface area is 145 Å². The lowest BCUT2D eigenvalue weighted by molar-refractivity contribution is -0.0504. The number of aromatic nitrogens is 2. The molecule has 0 aliphatic heterocycles. The Morgan fingerprint density at radius 1 is 1.36 bits per heavy atom. The highest BCUT2D eigenvalue weighted by molar-refractivity contribution is 5.79. The van der Waals surface area contributed by atoms with Gasteiger partial charge in [-0.2, -0.15) is 13.9 Å². The van der Waals surface area contributed by atoms with Crippen molar-refractivity contribution in [1.29, 1.82) is 0 Å². The number of rotatable bonds is 8. The number of ether oxygens (including phenoxy) is 1. The van der Waals surface area contributed by atoms with Gasteiger partial charge in [0.05, 0.1) is 0 Å². The summed E-state index contributed by atoms with van der Waals surface area (Å²) in [7, 11) is 1.66. The van der Waals surface area contributed by atoms with Crippen molar-refractivity contribution >= 4 is 5.96 Å². The molecule has 0 bridgehead atoms. The van der Waals surface area contributed by atoms with Crippen molar-refractivity contribution < 1.29 is 13.5 Å². The maximum Gasteiger partial charge on any atom is 0.387 e. The Bertz CT molecular complexity index is 674. The molecule has 1 aromatic heterocycles. The van der Waals surface area contributed by atoms with Crippen LogP contribution in [-0.2, 0) is 13.1 Å². The molecule has 25 heavy (non-hydrogen) atoms. The molecule has 1 aromatic carbocycles. The normalized spacial score (nSPS) is 11.6. The van der Waals surface area contributed by atoms with Crippen molar-refractivity contribution in [2.45, 2.75) is 33.0 Å². The van der Waals surface area contributed by atoms with Gasteiger partial charge in [0.25, 0.3) is 0 Å². The Balaban J connectivity index is 1.82. The number of aliphatic imine (C=N–C) groups is 1. The van der Waals surface area contributed by atoms with E-state index in [0.29, 0.717) is 24.6 Å². The zero-order chi connectivity index (χ0) is 18.1. The first-order chi connectivity index (χ1) is 12.1. The first-order valence-corrected chi connectivity index (χ1v) is 8.05. The number of nitrogens with one attached hydrogen (secondary N) is 2. The highest BCUT2D eigenvalue weighted by atomic mass is 19.3. The molecule has 0 radical (unpaired) electrons. The van der Waals surface area contributed by atoms with Gasteiger partial charge in [-0.25, -0.2) is 0 Å². The number of aryl methyl sites for hydroxylation is 2. The lowest BCUT2D eigenvalue weighted by Gasteiger charge is -2.15. The highest BCUT2D eigenvalue weighted by Gasteiger charge is 2.10. The van der Waals surface area contributed by atoms with E-state index >= 15 is 0 Å². The Kier molecular flexibility index (Phi) is 7.18. The summed E-state index contributed by atoms with van der Waals surface area (Å²) in [6.07, 6.45) is 4.54. The van der Waals surface area contributed by atoms with Gasteiger partial charge in [0.2, 0.25) is 0 Å². The number of nitrogens with zero attached hydrogens (tertiary/aromatic N) is 3. The van der Waals surface area contributed by atoms with Crippen LogP contribution in [0, 0.1) is 6.92 Å². The maximum atomic E-state index is 12.5. The van der Waals surface area contributed by atoms with E-state index in [0.717, 1.165) is 18.5 Å². The van der Waals surface area contributed by atoms with Crippen molar-refractivity contribution in [1.82, 2.24) is 20.4 Å². The molecule has 2 N–H and O–H groups in total.